The zero-order chi connectivity index (χ0) is 29.1. The summed E-state index contributed by atoms with van der Waals surface area (Å²) in [4.78, 5) is 31.8. The molecule has 2 amide bonds. The zero-order valence-corrected chi connectivity index (χ0v) is 23.0. The Hall–Kier alpha value is -3.02. The molecule has 2 fully saturated rings. The van der Waals surface area contributed by atoms with E-state index in [0.29, 0.717) is 31.5 Å². The average molecular weight is 563 g/mol. The fraction of sp³-hybridized carbons (Fsp3) is 0.552. The van der Waals surface area contributed by atoms with Crippen molar-refractivity contribution in [3.63, 3.8) is 0 Å². The van der Waals surface area contributed by atoms with Crippen LogP contribution in [0.25, 0.3) is 0 Å². The van der Waals surface area contributed by atoms with Crippen LogP contribution in [0.3, 0.4) is 0 Å². The predicted molar refractivity (Wildman–Crippen MR) is 142 cm³/mol. The number of benzene rings is 1. The van der Waals surface area contributed by atoms with E-state index in [1.807, 2.05) is 32.0 Å². The van der Waals surface area contributed by atoms with E-state index in [1.54, 1.807) is 18.2 Å². The number of nitrogens with one attached hydrogen (secondary N) is 2. The highest BCUT2D eigenvalue weighted by Crippen LogP contribution is 2.37. The summed E-state index contributed by atoms with van der Waals surface area (Å²) in [5.74, 6) is -1.09. The van der Waals surface area contributed by atoms with Crippen molar-refractivity contribution >= 4 is 11.8 Å². The van der Waals surface area contributed by atoms with Gasteiger partial charge in [0.25, 0.3) is 5.91 Å². The van der Waals surface area contributed by atoms with Gasteiger partial charge in [0.15, 0.2) is 0 Å². The smallest absolute Gasteiger partial charge is 0.384 e. The summed E-state index contributed by atoms with van der Waals surface area (Å²) in [5, 5.41) is 17.2. The Kier molecular flexibility index (Phi) is 8.86. The molecule has 3 N–H and O–H groups in total. The van der Waals surface area contributed by atoms with Crippen molar-refractivity contribution in [1.82, 2.24) is 20.5 Å². The van der Waals surface area contributed by atoms with Gasteiger partial charge in [0.2, 0.25) is 5.91 Å². The van der Waals surface area contributed by atoms with Gasteiger partial charge in [0.1, 0.15) is 5.60 Å². The summed E-state index contributed by atoms with van der Waals surface area (Å²) in [5.41, 5.74) is -2.03. The summed E-state index contributed by atoms with van der Waals surface area (Å²) < 4.78 is 44.8. The number of hydrogen-bond donors (Lipinski definition) is 3. The van der Waals surface area contributed by atoms with E-state index in [0.717, 1.165) is 31.0 Å². The van der Waals surface area contributed by atoms with E-state index >= 15 is 0 Å². The summed E-state index contributed by atoms with van der Waals surface area (Å²) in [6.45, 7) is 3.85. The van der Waals surface area contributed by atoms with Crippen molar-refractivity contribution in [3.05, 3.63) is 65.5 Å². The molecule has 1 aliphatic carbocycles. The highest BCUT2D eigenvalue weighted by Gasteiger charge is 2.45. The van der Waals surface area contributed by atoms with Gasteiger partial charge in [-0.05, 0) is 76.3 Å². The summed E-state index contributed by atoms with van der Waals surface area (Å²) in [6, 6.07) is 9.50. The molecule has 0 radical (unpaired) electrons. The number of carbonyl (C=O) groups excluding carboxylic acids is 2. The van der Waals surface area contributed by atoms with Crippen LogP contribution in [0.15, 0.2) is 48.7 Å². The molecule has 1 aromatic carbocycles. The molecule has 0 spiro atoms. The van der Waals surface area contributed by atoms with Gasteiger partial charge in [0.05, 0.1) is 29.4 Å². The molecule has 1 saturated carbocycles. The summed E-state index contributed by atoms with van der Waals surface area (Å²) >= 11 is 0. The Balaban J connectivity index is 1.36. The summed E-state index contributed by atoms with van der Waals surface area (Å²) in [7, 11) is 1.58. The number of alkyl halides is 3. The number of halogens is 3. The number of nitrogens with zero attached hydrogens (tertiary/aromatic N) is 2. The fourth-order valence-corrected chi connectivity index (χ4v) is 5.71. The lowest BCUT2D eigenvalue weighted by Gasteiger charge is -2.37. The molecule has 4 rings (SSSR count). The highest BCUT2D eigenvalue weighted by atomic mass is 19.4. The first-order valence-electron chi connectivity index (χ1n) is 13.5. The topological polar surface area (TPSA) is 104 Å². The summed E-state index contributed by atoms with van der Waals surface area (Å²) in [6.07, 6.45) is 0.401. The van der Waals surface area contributed by atoms with Crippen LogP contribution in [-0.4, -0.2) is 70.7 Å². The molecular weight excluding hydrogens is 525 g/mol. The van der Waals surface area contributed by atoms with Crippen LogP contribution >= 0.6 is 0 Å². The van der Waals surface area contributed by atoms with Gasteiger partial charge in [-0.1, -0.05) is 12.1 Å². The van der Waals surface area contributed by atoms with Crippen molar-refractivity contribution in [2.24, 2.45) is 0 Å². The monoisotopic (exact) mass is 562 g/mol. The van der Waals surface area contributed by atoms with Crippen LogP contribution in [0.5, 0.6) is 0 Å². The molecule has 2 aliphatic rings. The van der Waals surface area contributed by atoms with Crippen LogP contribution in [0.1, 0.15) is 67.6 Å². The number of carbonyl (C=O) groups is 2. The number of amides is 2. The van der Waals surface area contributed by atoms with Crippen LogP contribution in [0.4, 0.5) is 13.2 Å². The van der Waals surface area contributed by atoms with Crippen LogP contribution in [0.2, 0.25) is 0 Å². The van der Waals surface area contributed by atoms with Gasteiger partial charge in [-0.15, -0.1) is 0 Å². The molecule has 2 atom stereocenters. The Morgan fingerprint density at radius 3 is 2.48 bits per heavy atom. The van der Waals surface area contributed by atoms with Crippen molar-refractivity contribution in [2.75, 3.05) is 20.2 Å². The van der Waals surface area contributed by atoms with Crippen LogP contribution < -0.4 is 10.6 Å². The number of pyridine rings is 1. The maximum absolute atomic E-state index is 13.3. The van der Waals surface area contributed by atoms with Gasteiger partial charge in [0, 0.05) is 37.5 Å². The minimum absolute atomic E-state index is 0.0198. The molecule has 1 unspecified atom stereocenters. The molecular formula is C29H37F3N4O4. The van der Waals surface area contributed by atoms with Crippen molar-refractivity contribution in [3.8, 4) is 0 Å². The molecule has 2 aromatic rings. The van der Waals surface area contributed by atoms with Crippen molar-refractivity contribution in [1.29, 1.82) is 0 Å². The molecule has 1 saturated heterocycles. The predicted octanol–water partition coefficient (Wildman–Crippen LogP) is 3.64. The van der Waals surface area contributed by atoms with Crippen LogP contribution in [-0.2, 0) is 21.3 Å². The van der Waals surface area contributed by atoms with E-state index in [-0.39, 0.29) is 36.1 Å². The Labute approximate surface area is 232 Å². The lowest BCUT2D eigenvalue weighted by molar-refractivity contribution is -0.138. The second-order valence-corrected chi connectivity index (χ2v) is 11.3. The molecule has 40 heavy (non-hydrogen) atoms. The number of ether oxygens (including phenoxy) is 1. The fourth-order valence-electron chi connectivity index (χ4n) is 5.71. The van der Waals surface area contributed by atoms with Gasteiger partial charge in [-0.2, -0.15) is 13.2 Å². The van der Waals surface area contributed by atoms with E-state index in [1.165, 1.54) is 6.07 Å². The van der Waals surface area contributed by atoms with E-state index in [9.17, 15) is 27.9 Å². The Bertz CT molecular complexity index is 1180. The van der Waals surface area contributed by atoms with Gasteiger partial charge < -0.3 is 25.4 Å². The van der Waals surface area contributed by atoms with Gasteiger partial charge in [-0.25, -0.2) is 0 Å². The Morgan fingerprint density at radius 2 is 1.85 bits per heavy atom. The third kappa shape index (κ3) is 6.82. The lowest BCUT2D eigenvalue weighted by Crippen LogP contribution is -2.51. The average Bonchev–Trinajstić information content (AvgIpc) is 3.38. The largest absolute Gasteiger partial charge is 0.416 e. The number of aliphatic hydroxyl groups is 1. The molecule has 218 valence electrons. The highest BCUT2D eigenvalue weighted by molar-refractivity contribution is 5.96. The molecule has 8 nitrogen and oxygen atoms in total. The normalized spacial score (nSPS) is 25.6. The minimum Gasteiger partial charge on any atom is -0.384 e. The maximum Gasteiger partial charge on any atom is 0.416 e. The molecule has 1 aromatic heterocycles. The molecule has 1 aliphatic heterocycles. The third-order valence-corrected chi connectivity index (χ3v) is 8.23. The second-order valence-electron chi connectivity index (χ2n) is 11.3. The number of rotatable bonds is 8. The number of aromatic nitrogens is 1. The SMILES string of the molecule is COC(C)(C)C1C[C@H](NC2CCC(O)(c3ccccn3)CC2)CN1C(=O)CNC(=O)c1cccc(C(F)(F)F)c1. The van der Waals surface area contributed by atoms with Crippen molar-refractivity contribution in [2.45, 2.75) is 81.5 Å². The molecule has 11 heteroatoms. The van der Waals surface area contributed by atoms with Crippen LogP contribution in [0, 0.1) is 0 Å². The minimum atomic E-state index is -4.57. The van der Waals surface area contributed by atoms with E-state index < -0.39 is 28.8 Å². The molecule has 2 heterocycles. The lowest BCUT2D eigenvalue weighted by atomic mass is 9.79. The first kappa shape index (κ1) is 30.0. The maximum atomic E-state index is 13.3. The number of methoxy groups -OCH3 is 1. The zero-order valence-electron chi connectivity index (χ0n) is 23.0. The quantitative estimate of drug-likeness (QED) is 0.454. The third-order valence-electron chi connectivity index (χ3n) is 8.23. The standard InChI is InChI=1S/C29H37F3N4O4/c1-27(2,40-3)24-16-22(35-21-10-12-28(39,13-11-21)23-9-4-5-14-33-23)18-36(24)25(37)17-34-26(38)19-7-6-8-20(15-19)29(30,31)32/h4-9,14-15,21-22,24,35,39H,10-13,16-18H2,1-3H3,(H,34,38)/t21?,22-,24?,28?/m0/s1. The first-order chi connectivity index (χ1) is 18.8. The molecule has 0 bridgehead atoms. The number of hydrogen-bond acceptors (Lipinski definition) is 6. The van der Waals surface area contributed by atoms with Gasteiger partial charge >= 0.3 is 6.18 Å². The van der Waals surface area contributed by atoms with E-state index in [2.05, 4.69) is 15.6 Å². The second kappa shape index (κ2) is 11.8. The van der Waals surface area contributed by atoms with E-state index in [4.69, 9.17) is 4.74 Å². The first-order valence-corrected chi connectivity index (χ1v) is 13.5. The number of likely N-dealkylation sites (tertiary alicyclic amines) is 1. The van der Waals surface area contributed by atoms with Crippen molar-refractivity contribution < 1.29 is 32.6 Å². The Morgan fingerprint density at radius 1 is 1.12 bits per heavy atom. The van der Waals surface area contributed by atoms with Gasteiger partial charge in [-0.3, -0.25) is 14.6 Å².